The summed E-state index contributed by atoms with van der Waals surface area (Å²) in [4.78, 5) is 22.4. The molecule has 0 saturated heterocycles. The van der Waals surface area contributed by atoms with Crippen molar-refractivity contribution in [2.24, 2.45) is 0 Å². The highest BCUT2D eigenvalue weighted by Gasteiger charge is 2.31. The first kappa shape index (κ1) is 24.2. The number of anilines is 1. The highest BCUT2D eigenvalue weighted by Crippen LogP contribution is 2.45. The molecular weight excluding hydrogens is 487 g/mol. The number of hydrogen-bond donors (Lipinski definition) is 3. The molecule has 0 atom stereocenters. The molecule has 0 saturated carbocycles. The van der Waals surface area contributed by atoms with Crippen LogP contribution in [-0.4, -0.2) is 35.1 Å². The number of nitrogens with one attached hydrogen (secondary N) is 1. The number of halogens is 4. The number of rotatable bonds is 9. The first-order valence-corrected chi connectivity index (χ1v) is 10.3. The van der Waals surface area contributed by atoms with E-state index in [4.69, 9.17) is 21.4 Å². The topological polar surface area (TPSA) is 105 Å². The molecule has 1 aromatic heterocycles. The highest BCUT2D eigenvalue weighted by atomic mass is 35.5. The lowest BCUT2D eigenvalue weighted by Gasteiger charge is -2.11. The molecule has 0 aliphatic heterocycles. The smallest absolute Gasteiger partial charge is 0.479 e. The number of carbonyl (C=O) groups is 2. The van der Waals surface area contributed by atoms with E-state index >= 15 is 0 Å². The predicted octanol–water partition coefficient (Wildman–Crippen LogP) is 5.74. The Labute approximate surface area is 193 Å². The summed E-state index contributed by atoms with van der Waals surface area (Å²) in [5, 5.41) is 21.2. The minimum atomic E-state index is -4.79. The van der Waals surface area contributed by atoms with Crippen LogP contribution in [0.15, 0.2) is 48.5 Å². The number of thiophene rings is 1. The SMILES string of the molecule is O=C(O)COc1c(C(=O)O)sc(-c2cccc(NCc3cccc(OC(F)(F)F)c3)c2)c1Cl. The Morgan fingerprint density at radius 1 is 1.09 bits per heavy atom. The molecule has 3 N–H and O–H groups in total. The van der Waals surface area contributed by atoms with Crippen molar-refractivity contribution in [3.8, 4) is 21.9 Å². The van der Waals surface area contributed by atoms with Gasteiger partial charge >= 0.3 is 18.3 Å². The zero-order valence-corrected chi connectivity index (χ0v) is 18.1. The summed E-state index contributed by atoms with van der Waals surface area (Å²) < 4.78 is 46.2. The molecule has 1 heterocycles. The zero-order chi connectivity index (χ0) is 24.2. The van der Waals surface area contributed by atoms with Gasteiger partial charge in [0.25, 0.3) is 0 Å². The molecule has 7 nitrogen and oxygen atoms in total. The van der Waals surface area contributed by atoms with Crippen LogP contribution in [0.4, 0.5) is 18.9 Å². The average Bonchev–Trinajstić information content (AvgIpc) is 3.06. The molecule has 12 heteroatoms. The fraction of sp³-hybridized carbons (Fsp3) is 0.143. The van der Waals surface area contributed by atoms with E-state index in [1.807, 2.05) is 0 Å². The lowest BCUT2D eigenvalue weighted by Crippen LogP contribution is -2.17. The number of ether oxygens (including phenoxy) is 2. The van der Waals surface area contributed by atoms with Gasteiger partial charge in [-0.25, -0.2) is 9.59 Å². The van der Waals surface area contributed by atoms with Gasteiger partial charge in [0.1, 0.15) is 10.8 Å². The fourth-order valence-electron chi connectivity index (χ4n) is 2.81. The molecule has 3 rings (SSSR count). The minimum Gasteiger partial charge on any atom is -0.479 e. The standard InChI is InChI=1S/C21H15ClF3NO6S/c22-16-17(31-10-15(27)28)19(20(29)30)33-18(16)12-4-2-5-13(8-12)26-9-11-3-1-6-14(7-11)32-21(23,24)25/h1-8,26H,9-10H2,(H,27,28)(H,29,30). The second-order valence-electron chi connectivity index (χ2n) is 6.52. The van der Waals surface area contributed by atoms with Crippen LogP contribution in [0.25, 0.3) is 10.4 Å². The van der Waals surface area contributed by atoms with Gasteiger partial charge in [-0.15, -0.1) is 24.5 Å². The second-order valence-corrected chi connectivity index (χ2v) is 7.92. The van der Waals surface area contributed by atoms with Gasteiger partial charge in [-0.2, -0.15) is 0 Å². The summed E-state index contributed by atoms with van der Waals surface area (Å²) >= 11 is 7.12. The normalized spacial score (nSPS) is 11.2. The molecule has 0 aliphatic carbocycles. The fourth-order valence-corrected chi connectivity index (χ4v) is 4.21. The molecule has 3 aromatic rings. The number of aliphatic carboxylic acids is 1. The van der Waals surface area contributed by atoms with Gasteiger partial charge in [0.15, 0.2) is 17.2 Å². The van der Waals surface area contributed by atoms with Crippen molar-refractivity contribution < 1.29 is 42.4 Å². The van der Waals surface area contributed by atoms with Crippen LogP contribution >= 0.6 is 22.9 Å². The number of alkyl halides is 3. The first-order chi connectivity index (χ1) is 15.5. The van der Waals surface area contributed by atoms with Crippen LogP contribution in [0, 0.1) is 0 Å². The highest BCUT2D eigenvalue weighted by molar-refractivity contribution is 7.18. The second kappa shape index (κ2) is 10.0. The van der Waals surface area contributed by atoms with Crippen molar-refractivity contribution >= 4 is 40.6 Å². The van der Waals surface area contributed by atoms with Gasteiger partial charge in [0.05, 0.1) is 4.88 Å². The summed E-state index contributed by atoms with van der Waals surface area (Å²) in [6.45, 7) is -0.571. The van der Waals surface area contributed by atoms with Crippen LogP contribution in [0.2, 0.25) is 5.02 Å². The summed E-state index contributed by atoms with van der Waals surface area (Å²) in [6.07, 6.45) is -4.79. The number of carboxylic acids is 2. The van der Waals surface area contributed by atoms with Crippen LogP contribution in [0.3, 0.4) is 0 Å². The van der Waals surface area contributed by atoms with Crippen molar-refractivity contribution in [1.82, 2.24) is 0 Å². The van der Waals surface area contributed by atoms with E-state index in [0.717, 1.165) is 11.3 Å². The van der Waals surface area contributed by atoms with Crippen LogP contribution < -0.4 is 14.8 Å². The number of aromatic carboxylic acids is 1. The van der Waals surface area contributed by atoms with Crippen LogP contribution in [-0.2, 0) is 11.3 Å². The summed E-state index contributed by atoms with van der Waals surface area (Å²) in [5.41, 5.74) is 1.66. The quantitative estimate of drug-likeness (QED) is 0.343. The third-order valence-corrected chi connectivity index (χ3v) is 5.78. The van der Waals surface area contributed by atoms with Gasteiger partial charge in [-0.3, -0.25) is 0 Å². The molecule has 0 amide bonds. The Hall–Kier alpha value is -3.44. The van der Waals surface area contributed by atoms with Gasteiger partial charge < -0.3 is 25.0 Å². The molecule has 2 aromatic carbocycles. The van der Waals surface area contributed by atoms with E-state index in [2.05, 4.69) is 10.1 Å². The zero-order valence-electron chi connectivity index (χ0n) is 16.5. The van der Waals surface area contributed by atoms with Crippen molar-refractivity contribution in [3.05, 3.63) is 64.0 Å². The molecule has 0 spiro atoms. The van der Waals surface area contributed by atoms with Gasteiger partial charge in [0, 0.05) is 12.2 Å². The lowest BCUT2D eigenvalue weighted by atomic mass is 10.1. The van der Waals surface area contributed by atoms with E-state index < -0.39 is 24.9 Å². The molecule has 174 valence electrons. The Bertz CT molecular complexity index is 1180. The molecule has 33 heavy (non-hydrogen) atoms. The molecule has 0 fully saturated rings. The monoisotopic (exact) mass is 501 g/mol. The van der Waals surface area contributed by atoms with Gasteiger partial charge in [0.2, 0.25) is 0 Å². The van der Waals surface area contributed by atoms with E-state index in [1.165, 1.54) is 18.2 Å². The van der Waals surface area contributed by atoms with Crippen molar-refractivity contribution in [2.75, 3.05) is 11.9 Å². The molecule has 0 unspecified atom stereocenters. The summed E-state index contributed by atoms with van der Waals surface area (Å²) in [7, 11) is 0. The Kier molecular flexibility index (Phi) is 7.34. The average molecular weight is 502 g/mol. The van der Waals surface area contributed by atoms with Crippen molar-refractivity contribution in [3.63, 3.8) is 0 Å². The van der Waals surface area contributed by atoms with E-state index in [-0.39, 0.29) is 27.9 Å². The number of hydrogen-bond acceptors (Lipinski definition) is 6. The Morgan fingerprint density at radius 2 is 1.82 bits per heavy atom. The number of benzene rings is 2. The number of carboxylic acid groups (broad SMARTS) is 2. The third-order valence-electron chi connectivity index (χ3n) is 4.10. The Balaban J connectivity index is 1.80. The maximum atomic E-state index is 12.4. The first-order valence-electron chi connectivity index (χ1n) is 9.12. The van der Waals surface area contributed by atoms with Crippen LogP contribution in [0.1, 0.15) is 15.2 Å². The molecule has 0 bridgehead atoms. The predicted molar refractivity (Wildman–Crippen MR) is 115 cm³/mol. The summed E-state index contributed by atoms with van der Waals surface area (Å²) in [5.74, 6) is -3.17. The maximum absolute atomic E-state index is 12.4. The third kappa shape index (κ3) is 6.53. The Morgan fingerprint density at radius 3 is 2.48 bits per heavy atom. The lowest BCUT2D eigenvalue weighted by molar-refractivity contribution is -0.274. The molecular formula is C21H15ClF3NO6S. The van der Waals surface area contributed by atoms with E-state index in [9.17, 15) is 27.9 Å². The van der Waals surface area contributed by atoms with E-state index in [1.54, 1.807) is 30.3 Å². The van der Waals surface area contributed by atoms with Gasteiger partial charge in [-0.05, 0) is 35.4 Å². The molecule has 0 aliphatic rings. The van der Waals surface area contributed by atoms with Crippen molar-refractivity contribution in [2.45, 2.75) is 12.9 Å². The summed E-state index contributed by atoms with van der Waals surface area (Å²) in [6, 6.07) is 12.2. The minimum absolute atomic E-state index is 0.0344. The van der Waals surface area contributed by atoms with Gasteiger partial charge in [-0.1, -0.05) is 35.9 Å². The van der Waals surface area contributed by atoms with E-state index in [0.29, 0.717) is 21.7 Å². The maximum Gasteiger partial charge on any atom is 0.573 e. The van der Waals surface area contributed by atoms with Crippen LogP contribution in [0.5, 0.6) is 11.5 Å². The largest absolute Gasteiger partial charge is 0.573 e. The molecule has 0 radical (unpaired) electrons. The van der Waals surface area contributed by atoms with Crippen molar-refractivity contribution in [1.29, 1.82) is 0 Å².